The number of nitrogens with zero attached hydrogens (tertiary/aromatic N) is 1. The van der Waals surface area contributed by atoms with Gasteiger partial charge in [0, 0.05) is 0 Å². The van der Waals surface area contributed by atoms with E-state index in [4.69, 9.17) is 0 Å². The van der Waals surface area contributed by atoms with Gasteiger partial charge in [-0.2, -0.15) is 0 Å². The highest BCUT2D eigenvalue weighted by molar-refractivity contribution is 14.1. The van der Waals surface area contributed by atoms with Gasteiger partial charge in [0.2, 0.25) is 11.8 Å². The van der Waals surface area contributed by atoms with Gasteiger partial charge in [-0.1, -0.05) is 39.0 Å². The van der Waals surface area contributed by atoms with Gasteiger partial charge in [-0.3, -0.25) is 9.59 Å². The first-order valence-electron chi connectivity index (χ1n) is 8.83. The Morgan fingerprint density at radius 2 is 2.00 bits per heavy atom. The molecule has 3 nitrogen and oxygen atoms in total. The van der Waals surface area contributed by atoms with E-state index in [0.717, 1.165) is 51.1 Å². The minimum Gasteiger partial charge on any atom is -0.273 e. The zero-order valence-electron chi connectivity index (χ0n) is 13.7. The highest BCUT2D eigenvalue weighted by Crippen LogP contribution is 2.56. The number of halogens is 1. The monoisotopic (exact) mass is 437 g/mol. The second-order valence-corrected chi connectivity index (χ2v) is 8.43. The maximum Gasteiger partial charge on any atom is 0.245 e. The lowest BCUT2D eigenvalue weighted by Gasteiger charge is -2.42. The molecule has 1 saturated heterocycles. The first-order valence-corrected chi connectivity index (χ1v) is 10.6. The summed E-state index contributed by atoms with van der Waals surface area (Å²) in [7, 11) is 2.79. The zero-order valence-corrected chi connectivity index (χ0v) is 17.0. The third-order valence-electron chi connectivity index (χ3n) is 5.66. The number of carbonyl (C=O) groups is 2. The Balaban J connectivity index is 2.26. The topological polar surface area (TPSA) is 37.4 Å². The van der Waals surface area contributed by atoms with Gasteiger partial charge in [0.1, 0.15) is 0 Å². The Kier molecular flexibility index (Phi) is 7.13. The molecule has 1 aliphatic carbocycles. The van der Waals surface area contributed by atoms with E-state index in [0.29, 0.717) is 5.92 Å². The molecule has 0 spiro atoms. The summed E-state index contributed by atoms with van der Waals surface area (Å²) in [6, 6.07) is 0. The average Bonchev–Trinajstić information content (AvgIpc) is 2.74. The van der Waals surface area contributed by atoms with Crippen LogP contribution >= 0.6 is 32.1 Å². The number of unbranched alkanes of at least 4 members (excludes halogenated alkanes) is 2. The molecule has 2 aliphatic rings. The van der Waals surface area contributed by atoms with Crippen molar-refractivity contribution in [2.75, 3.05) is 6.16 Å². The Hall–Kier alpha value is 0.300. The molecular formula is C17H29INO2P. The summed E-state index contributed by atoms with van der Waals surface area (Å²) in [6.07, 6.45) is 12.1. The molecule has 22 heavy (non-hydrogen) atoms. The lowest BCUT2D eigenvalue weighted by Crippen LogP contribution is -2.44. The van der Waals surface area contributed by atoms with Crippen LogP contribution in [0.4, 0.5) is 0 Å². The van der Waals surface area contributed by atoms with Gasteiger partial charge in [-0.05, 0) is 44.2 Å². The van der Waals surface area contributed by atoms with E-state index in [9.17, 15) is 9.59 Å². The maximum atomic E-state index is 13.0. The quantitative estimate of drug-likeness (QED) is 0.181. The molecule has 0 aromatic carbocycles. The number of imide groups is 1. The van der Waals surface area contributed by atoms with Crippen LogP contribution in [-0.2, 0) is 9.59 Å². The molecule has 126 valence electrons. The molecule has 0 bridgehead atoms. The summed E-state index contributed by atoms with van der Waals surface area (Å²) in [5.74, 6) is 0.557. The summed E-state index contributed by atoms with van der Waals surface area (Å²) >= 11 is 1.95. The predicted octanol–water partition coefficient (Wildman–Crippen LogP) is 4.73. The summed E-state index contributed by atoms with van der Waals surface area (Å²) < 4.78 is 1.42. The van der Waals surface area contributed by atoms with Crippen molar-refractivity contribution >= 4 is 43.9 Å². The first kappa shape index (κ1) is 18.6. The lowest BCUT2D eigenvalue weighted by molar-refractivity contribution is -0.138. The van der Waals surface area contributed by atoms with Gasteiger partial charge in [0.25, 0.3) is 0 Å². The molecule has 0 aromatic heterocycles. The zero-order chi connectivity index (χ0) is 16.2. The lowest BCUT2D eigenvalue weighted by atomic mass is 9.58. The average molecular weight is 437 g/mol. The van der Waals surface area contributed by atoms with Gasteiger partial charge in [-0.15, -0.1) is 9.24 Å². The van der Waals surface area contributed by atoms with Gasteiger partial charge in [-0.25, -0.2) is 3.11 Å². The predicted molar refractivity (Wildman–Crippen MR) is 102 cm³/mol. The Morgan fingerprint density at radius 1 is 1.27 bits per heavy atom. The second-order valence-electron chi connectivity index (χ2n) is 6.89. The van der Waals surface area contributed by atoms with E-state index in [1.807, 2.05) is 22.9 Å². The third kappa shape index (κ3) is 3.38. The van der Waals surface area contributed by atoms with Crippen LogP contribution in [0.5, 0.6) is 0 Å². The highest BCUT2D eigenvalue weighted by atomic mass is 127. The van der Waals surface area contributed by atoms with Crippen LogP contribution in [0, 0.1) is 17.3 Å². The first-order chi connectivity index (χ1) is 10.6. The van der Waals surface area contributed by atoms with Crippen LogP contribution in [0.2, 0.25) is 0 Å². The molecule has 0 N–H and O–H groups in total. The fourth-order valence-corrected chi connectivity index (χ4v) is 5.60. The Labute approximate surface area is 151 Å². The molecule has 1 saturated carbocycles. The molecule has 1 aliphatic heterocycles. The van der Waals surface area contributed by atoms with Gasteiger partial charge in [0.15, 0.2) is 0 Å². The van der Waals surface area contributed by atoms with Crippen molar-refractivity contribution in [3.8, 4) is 0 Å². The van der Waals surface area contributed by atoms with Gasteiger partial charge >= 0.3 is 0 Å². The van der Waals surface area contributed by atoms with Crippen molar-refractivity contribution in [3.05, 3.63) is 0 Å². The number of rotatable bonds is 8. The fraction of sp³-hybridized carbons (Fsp3) is 0.882. The summed E-state index contributed by atoms with van der Waals surface area (Å²) in [6.45, 7) is 2.21. The standard InChI is InChI=1S/C17H29INO2P/c1-2-3-8-13(9-5-7-12-22)17-11-6-4-10-14(17)15(20)19(18)16(17)21/h13-14H,2-12,22H2,1H3. The molecule has 4 unspecified atom stereocenters. The second kappa shape index (κ2) is 8.41. The third-order valence-corrected chi connectivity index (χ3v) is 6.99. The SMILES string of the molecule is CCCCC(CCCCP)C12CCCCC1C(=O)N(I)C2=O. The number of hydrogen-bond acceptors (Lipinski definition) is 2. The minimum absolute atomic E-state index is 0.0384. The van der Waals surface area contributed by atoms with Crippen LogP contribution < -0.4 is 0 Å². The van der Waals surface area contributed by atoms with Gasteiger partial charge in [0.05, 0.1) is 34.2 Å². The van der Waals surface area contributed by atoms with E-state index in [1.165, 1.54) is 22.4 Å². The van der Waals surface area contributed by atoms with Crippen molar-refractivity contribution in [2.24, 2.45) is 17.3 Å². The number of fused-ring (bicyclic) bond motifs is 1. The van der Waals surface area contributed by atoms with E-state index in [-0.39, 0.29) is 23.1 Å². The molecule has 0 aromatic rings. The highest BCUT2D eigenvalue weighted by Gasteiger charge is 2.62. The molecule has 2 rings (SSSR count). The van der Waals surface area contributed by atoms with Gasteiger partial charge < -0.3 is 0 Å². The minimum atomic E-state index is -0.368. The largest absolute Gasteiger partial charge is 0.273 e. The number of carbonyl (C=O) groups excluding carboxylic acids is 2. The maximum absolute atomic E-state index is 13.0. The van der Waals surface area contributed by atoms with Crippen molar-refractivity contribution < 1.29 is 9.59 Å². The summed E-state index contributed by atoms with van der Waals surface area (Å²) in [5, 5.41) is 0. The van der Waals surface area contributed by atoms with Crippen molar-refractivity contribution in [1.82, 2.24) is 3.11 Å². The molecule has 2 fully saturated rings. The van der Waals surface area contributed by atoms with E-state index >= 15 is 0 Å². The molecule has 4 atom stereocenters. The van der Waals surface area contributed by atoms with Crippen molar-refractivity contribution in [3.63, 3.8) is 0 Å². The number of amides is 2. The van der Waals surface area contributed by atoms with Crippen molar-refractivity contribution in [1.29, 1.82) is 0 Å². The smallest absolute Gasteiger partial charge is 0.245 e. The van der Waals surface area contributed by atoms with Crippen molar-refractivity contribution in [2.45, 2.75) is 71.1 Å². The molecule has 1 heterocycles. The van der Waals surface area contributed by atoms with E-state index in [2.05, 4.69) is 16.2 Å². The Morgan fingerprint density at radius 3 is 2.68 bits per heavy atom. The summed E-state index contributed by atoms with van der Waals surface area (Å²) in [4.78, 5) is 25.6. The molecular weight excluding hydrogens is 408 g/mol. The summed E-state index contributed by atoms with van der Waals surface area (Å²) in [5.41, 5.74) is -0.368. The fourth-order valence-electron chi connectivity index (χ4n) is 4.53. The Bertz CT molecular complexity index is 417. The molecule has 5 heteroatoms. The normalized spacial score (nSPS) is 29.8. The number of hydrogen-bond donors (Lipinski definition) is 0. The van der Waals surface area contributed by atoms with Crippen LogP contribution in [0.3, 0.4) is 0 Å². The van der Waals surface area contributed by atoms with Crippen LogP contribution in [0.15, 0.2) is 0 Å². The van der Waals surface area contributed by atoms with Crippen LogP contribution in [0.25, 0.3) is 0 Å². The molecule has 2 amide bonds. The van der Waals surface area contributed by atoms with E-state index < -0.39 is 0 Å². The molecule has 0 radical (unpaired) electrons. The van der Waals surface area contributed by atoms with Crippen LogP contribution in [-0.4, -0.2) is 21.1 Å². The van der Waals surface area contributed by atoms with Crippen LogP contribution in [0.1, 0.15) is 71.1 Å². The van der Waals surface area contributed by atoms with E-state index in [1.54, 1.807) is 0 Å².